The smallest absolute Gasteiger partial charge is 0.125 e. The van der Waals surface area contributed by atoms with Crippen LogP contribution in [0.25, 0.3) is 0 Å². The lowest BCUT2D eigenvalue weighted by atomic mass is 9.93. The lowest BCUT2D eigenvalue weighted by Crippen LogP contribution is -2.33. The monoisotopic (exact) mass is 429 g/mol. The Hall–Kier alpha value is -1.57. The maximum atomic E-state index is 10.3. The molecule has 162 valence electrons. The molecule has 30 heavy (non-hydrogen) atoms. The predicted octanol–water partition coefficient (Wildman–Crippen LogP) is 3.12. The van der Waals surface area contributed by atoms with Crippen molar-refractivity contribution in [1.82, 2.24) is 5.32 Å². The van der Waals surface area contributed by atoms with E-state index < -0.39 is 6.10 Å². The van der Waals surface area contributed by atoms with Crippen LogP contribution in [0.5, 0.6) is 5.75 Å². The number of thioether (sulfide) groups is 1. The summed E-state index contributed by atoms with van der Waals surface area (Å²) >= 11 is 1.95. The lowest BCUT2D eigenvalue weighted by molar-refractivity contribution is -0.114. The van der Waals surface area contributed by atoms with Gasteiger partial charge in [-0.25, -0.2) is 0 Å². The summed E-state index contributed by atoms with van der Waals surface area (Å²) < 4.78 is 12.1. The van der Waals surface area contributed by atoms with Gasteiger partial charge in [-0.3, -0.25) is 0 Å². The fourth-order valence-electron chi connectivity index (χ4n) is 4.31. The molecule has 0 spiro atoms. The van der Waals surface area contributed by atoms with Crippen molar-refractivity contribution in [2.45, 2.75) is 54.1 Å². The number of likely N-dealkylation sites (N-methyl/N-ethyl adjacent to an activating group) is 1. The zero-order valence-electron chi connectivity index (χ0n) is 17.4. The number of hydrogen-bond acceptors (Lipinski definition) is 6. The zero-order chi connectivity index (χ0) is 20.9. The van der Waals surface area contributed by atoms with Crippen LogP contribution >= 0.6 is 11.8 Å². The fourth-order valence-corrected chi connectivity index (χ4v) is 5.67. The van der Waals surface area contributed by atoms with Gasteiger partial charge >= 0.3 is 0 Å². The first-order valence-corrected chi connectivity index (χ1v) is 11.6. The standard InChI is InChI=1S/C24H31NO4S/c1-25-8-9-28-22-7-6-16(10-20-12-17-4-2-3-5-24(17)30-20)11-21(22)23-14-18(27)13-19(15-26)29-23/h2-7,11,18-20,23,25-27H,8-10,12-15H2,1H3/t18?,19-,20?,23?/m0/s1. The van der Waals surface area contributed by atoms with Crippen LogP contribution < -0.4 is 10.1 Å². The zero-order valence-corrected chi connectivity index (χ0v) is 18.2. The molecule has 2 aromatic carbocycles. The molecule has 2 aliphatic rings. The van der Waals surface area contributed by atoms with Crippen molar-refractivity contribution in [2.24, 2.45) is 0 Å². The van der Waals surface area contributed by atoms with E-state index in [1.807, 2.05) is 24.9 Å². The minimum Gasteiger partial charge on any atom is -0.492 e. The van der Waals surface area contributed by atoms with E-state index in [4.69, 9.17) is 9.47 Å². The van der Waals surface area contributed by atoms with E-state index in [1.165, 1.54) is 16.0 Å². The normalized spacial score (nSPS) is 25.8. The van der Waals surface area contributed by atoms with E-state index in [1.54, 1.807) is 0 Å². The van der Waals surface area contributed by atoms with Gasteiger partial charge in [-0.1, -0.05) is 24.3 Å². The summed E-state index contributed by atoms with van der Waals surface area (Å²) in [7, 11) is 1.90. The summed E-state index contributed by atoms with van der Waals surface area (Å²) in [6.07, 6.45) is 1.96. The highest BCUT2D eigenvalue weighted by Gasteiger charge is 2.31. The van der Waals surface area contributed by atoms with E-state index >= 15 is 0 Å². The highest BCUT2D eigenvalue weighted by atomic mass is 32.2. The molecule has 5 nitrogen and oxygen atoms in total. The van der Waals surface area contributed by atoms with E-state index in [9.17, 15) is 10.2 Å². The van der Waals surface area contributed by atoms with Crippen molar-refractivity contribution < 1.29 is 19.7 Å². The molecule has 4 atom stereocenters. The average molecular weight is 430 g/mol. The van der Waals surface area contributed by atoms with Gasteiger partial charge in [-0.15, -0.1) is 11.8 Å². The van der Waals surface area contributed by atoms with E-state index in [2.05, 4.69) is 41.7 Å². The molecule has 6 heteroatoms. The van der Waals surface area contributed by atoms with Crippen LogP contribution in [0, 0.1) is 0 Å². The molecule has 1 saturated heterocycles. The lowest BCUT2D eigenvalue weighted by Gasteiger charge is -2.33. The van der Waals surface area contributed by atoms with Crippen LogP contribution in [0.15, 0.2) is 47.4 Å². The van der Waals surface area contributed by atoms with Gasteiger partial charge in [0.1, 0.15) is 12.4 Å². The van der Waals surface area contributed by atoms with Gasteiger partial charge in [0.2, 0.25) is 0 Å². The summed E-state index contributed by atoms with van der Waals surface area (Å²) in [5.41, 5.74) is 3.66. The SMILES string of the molecule is CNCCOc1ccc(CC2Cc3ccccc3S2)cc1C1CC(O)C[C@@H](CO)O1. The van der Waals surface area contributed by atoms with Crippen molar-refractivity contribution in [2.75, 3.05) is 26.8 Å². The van der Waals surface area contributed by atoms with Crippen LogP contribution in [0.3, 0.4) is 0 Å². The molecular formula is C24H31NO4S. The summed E-state index contributed by atoms with van der Waals surface area (Å²) in [6.45, 7) is 1.24. The van der Waals surface area contributed by atoms with Crippen LogP contribution in [-0.2, 0) is 17.6 Å². The minimum atomic E-state index is -0.477. The Balaban J connectivity index is 1.53. The Kier molecular flexibility index (Phi) is 7.33. The summed E-state index contributed by atoms with van der Waals surface area (Å²) in [6, 6.07) is 15.0. The van der Waals surface area contributed by atoms with Crippen LogP contribution in [0.1, 0.15) is 35.6 Å². The van der Waals surface area contributed by atoms with Gasteiger partial charge in [-0.2, -0.15) is 0 Å². The number of aliphatic hydroxyl groups is 2. The molecule has 0 amide bonds. The Bertz CT molecular complexity index is 821. The van der Waals surface area contributed by atoms with Crippen molar-refractivity contribution in [3.05, 3.63) is 59.2 Å². The highest BCUT2D eigenvalue weighted by Crippen LogP contribution is 2.40. The van der Waals surface area contributed by atoms with Gasteiger partial charge in [-0.05, 0) is 49.2 Å². The number of rotatable bonds is 8. The number of ether oxygens (including phenoxy) is 2. The molecule has 3 unspecified atom stereocenters. The minimum absolute atomic E-state index is 0.0832. The van der Waals surface area contributed by atoms with Gasteiger partial charge in [0.25, 0.3) is 0 Å². The molecule has 1 fully saturated rings. The van der Waals surface area contributed by atoms with Crippen molar-refractivity contribution >= 4 is 11.8 Å². The maximum absolute atomic E-state index is 10.3. The van der Waals surface area contributed by atoms with E-state index in [0.717, 1.165) is 30.7 Å². The Morgan fingerprint density at radius 2 is 2.07 bits per heavy atom. The molecule has 2 heterocycles. The topological polar surface area (TPSA) is 71.0 Å². The predicted molar refractivity (Wildman–Crippen MR) is 119 cm³/mol. The van der Waals surface area contributed by atoms with Gasteiger partial charge < -0.3 is 25.0 Å². The van der Waals surface area contributed by atoms with Gasteiger partial charge in [0.05, 0.1) is 24.9 Å². The summed E-state index contributed by atoms with van der Waals surface area (Å²) in [4.78, 5) is 1.39. The molecule has 4 rings (SSSR count). The average Bonchev–Trinajstić information content (AvgIpc) is 3.16. The van der Waals surface area contributed by atoms with Crippen molar-refractivity contribution in [1.29, 1.82) is 0 Å². The van der Waals surface area contributed by atoms with Crippen LogP contribution in [0.2, 0.25) is 0 Å². The summed E-state index contributed by atoms with van der Waals surface area (Å²) in [5, 5.41) is 23.5. The van der Waals surface area contributed by atoms with Gasteiger partial charge in [0.15, 0.2) is 0 Å². The van der Waals surface area contributed by atoms with Crippen molar-refractivity contribution in [3.8, 4) is 5.75 Å². The van der Waals surface area contributed by atoms with E-state index in [-0.39, 0.29) is 18.8 Å². The number of benzene rings is 2. The highest BCUT2D eigenvalue weighted by molar-refractivity contribution is 8.00. The third-order valence-corrected chi connectivity index (χ3v) is 7.11. The maximum Gasteiger partial charge on any atom is 0.125 e. The molecular weight excluding hydrogens is 398 g/mol. The Morgan fingerprint density at radius 3 is 2.87 bits per heavy atom. The first-order chi connectivity index (χ1) is 14.7. The number of fused-ring (bicyclic) bond motifs is 1. The number of hydrogen-bond donors (Lipinski definition) is 3. The quantitative estimate of drug-likeness (QED) is 0.560. The number of aliphatic hydroxyl groups excluding tert-OH is 2. The molecule has 0 bridgehead atoms. The third-order valence-electron chi connectivity index (χ3n) is 5.79. The first-order valence-electron chi connectivity index (χ1n) is 10.8. The second-order valence-corrected chi connectivity index (χ2v) is 9.48. The Labute approximate surface area is 182 Å². The largest absolute Gasteiger partial charge is 0.492 e. The fraction of sp³-hybridized carbons (Fsp3) is 0.500. The number of nitrogens with one attached hydrogen (secondary N) is 1. The molecule has 3 N–H and O–H groups in total. The third kappa shape index (κ3) is 5.18. The first kappa shape index (κ1) is 21.7. The van der Waals surface area contributed by atoms with Gasteiger partial charge in [0, 0.05) is 35.1 Å². The van der Waals surface area contributed by atoms with Crippen LogP contribution in [0.4, 0.5) is 0 Å². The molecule has 0 aromatic heterocycles. The molecule has 0 radical (unpaired) electrons. The molecule has 0 saturated carbocycles. The van der Waals surface area contributed by atoms with Crippen LogP contribution in [-0.4, -0.2) is 54.5 Å². The second-order valence-electron chi connectivity index (χ2n) is 8.13. The van der Waals surface area contributed by atoms with Crippen molar-refractivity contribution in [3.63, 3.8) is 0 Å². The summed E-state index contributed by atoms with van der Waals surface area (Å²) in [5.74, 6) is 0.798. The van der Waals surface area contributed by atoms with E-state index in [0.29, 0.717) is 24.7 Å². The molecule has 2 aliphatic heterocycles. The molecule has 2 aromatic rings. The Morgan fingerprint density at radius 1 is 1.20 bits per heavy atom. The molecule has 0 aliphatic carbocycles. The second kappa shape index (κ2) is 10.2.